The molecule has 3 unspecified atom stereocenters. The molecule has 0 aliphatic heterocycles. The highest BCUT2D eigenvalue weighted by Crippen LogP contribution is 2.05. The molecule has 5 heteroatoms. The van der Waals surface area contributed by atoms with Gasteiger partial charge < -0.3 is 15.4 Å². The van der Waals surface area contributed by atoms with E-state index >= 15 is 0 Å². The summed E-state index contributed by atoms with van der Waals surface area (Å²) in [5, 5.41) is 5.90. The third kappa shape index (κ3) is 5.68. The summed E-state index contributed by atoms with van der Waals surface area (Å²) in [6, 6.07) is -0.338. The summed E-state index contributed by atoms with van der Waals surface area (Å²) in [4.78, 5) is 23.0. The van der Waals surface area contributed by atoms with Gasteiger partial charge in [-0.15, -0.1) is 0 Å². The lowest BCUT2D eigenvalue weighted by atomic mass is 10.0. The predicted octanol–water partition coefficient (Wildman–Crippen LogP) is 0.687. The zero-order valence-electron chi connectivity index (χ0n) is 11.5. The zero-order chi connectivity index (χ0) is 13.6. The Hall–Kier alpha value is -1.10. The SMILES string of the molecule is COC(=O)C(C)C(C)NC(C)C(=O)NC(C)C. The molecule has 2 N–H and O–H groups in total. The summed E-state index contributed by atoms with van der Waals surface area (Å²) in [5.74, 6) is -0.625. The van der Waals surface area contributed by atoms with Gasteiger partial charge in [-0.1, -0.05) is 6.92 Å². The standard InChI is InChI=1S/C12H24N2O3/c1-7(2)13-11(15)10(5)14-9(4)8(3)12(16)17-6/h7-10,14H,1-6H3,(H,13,15). The highest BCUT2D eigenvalue weighted by atomic mass is 16.5. The van der Waals surface area contributed by atoms with Gasteiger partial charge in [0.15, 0.2) is 0 Å². The summed E-state index contributed by atoms with van der Waals surface area (Å²) >= 11 is 0. The third-order valence-electron chi connectivity index (χ3n) is 2.66. The van der Waals surface area contributed by atoms with Gasteiger partial charge in [0, 0.05) is 12.1 Å². The quantitative estimate of drug-likeness (QED) is 0.674. The average Bonchev–Trinajstić information content (AvgIpc) is 2.25. The zero-order valence-corrected chi connectivity index (χ0v) is 11.5. The van der Waals surface area contributed by atoms with E-state index in [-0.39, 0.29) is 35.9 Å². The lowest BCUT2D eigenvalue weighted by Gasteiger charge is -2.23. The van der Waals surface area contributed by atoms with E-state index in [2.05, 4.69) is 15.4 Å². The third-order valence-corrected chi connectivity index (χ3v) is 2.66. The molecule has 1 amide bonds. The Morgan fingerprint density at radius 2 is 1.59 bits per heavy atom. The van der Waals surface area contributed by atoms with Gasteiger partial charge in [-0.3, -0.25) is 9.59 Å². The van der Waals surface area contributed by atoms with Crippen LogP contribution in [0.3, 0.4) is 0 Å². The van der Waals surface area contributed by atoms with Crippen LogP contribution in [0.4, 0.5) is 0 Å². The summed E-state index contributed by atoms with van der Waals surface area (Å²) in [7, 11) is 1.36. The van der Waals surface area contributed by atoms with Crippen molar-refractivity contribution in [1.29, 1.82) is 0 Å². The fraction of sp³-hybridized carbons (Fsp3) is 0.833. The van der Waals surface area contributed by atoms with Gasteiger partial charge >= 0.3 is 5.97 Å². The molecule has 0 bridgehead atoms. The molecule has 0 aromatic rings. The summed E-state index contributed by atoms with van der Waals surface area (Å²) in [6.07, 6.45) is 0. The van der Waals surface area contributed by atoms with Gasteiger partial charge in [0.05, 0.1) is 19.1 Å². The molecule has 0 heterocycles. The van der Waals surface area contributed by atoms with E-state index in [1.54, 1.807) is 13.8 Å². The van der Waals surface area contributed by atoms with Crippen molar-refractivity contribution in [3.8, 4) is 0 Å². The van der Waals surface area contributed by atoms with Crippen LogP contribution in [-0.4, -0.2) is 37.1 Å². The van der Waals surface area contributed by atoms with Gasteiger partial charge in [0.2, 0.25) is 5.91 Å². The lowest BCUT2D eigenvalue weighted by molar-refractivity contribution is -0.146. The van der Waals surface area contributed by atoms with Crippen LogP contribution >= 0.6 is 0 Å². The van der Waals surface area contributed by atoms with E-state index in [4.69, 9.17) is 0 Å². The Balaban J connectivity index is 4.23. The highest BCUT2D eigenvalue weighted by molar-refractivity contribution is 5.81. The van der Waals surface area contributed by atoms with Gasteiger partial charge in [0.25, 0.3) is 0 Å². The maximum Gasteiger partial charge on any atom is 0.309 e. The van der Waals surface area contributed by atoms with Crippen LogP contribution in [0, 0.1) is 5.92 Å². The van der Waals surface area contributed by atoms with Gasteiger partial charge in [-0.25, -0.2) is 0 Å². The molecule has 0 fully saturated rings. The molecule has 0 spiro atoms. The molecule has 0 saturated heterocycles. The summed E-state index contributed by atoms with van der Waals surface area (Å²) < 4.78 is 4.66. The molecule has 5 nitrogen and oxygen atoms in total. The predicted molar refractivity (Wildman–Crippen MR) is 66.5 cm³/mol. The van der Waals surface area contributed by atoms with E-state index in [1.807, 2.05) is 20.8 Å². The Morgan fingerprint density at radius 3 is 2.00 bits per heavy atom. The Bertz CT molecular complexity index is 266. The second-order valence-corrected chi connectivity index (χ2v) is 4.65. The number of carbonyl (C=O) groups excluding carboxylic acids is 2. The number of rotatable bonds is 6. The fourth-order valence-electron chi connectivity index (χ4n) is 1.41. The van der Waals surface area contributed by atoms with Crippen LogP contribution in [-0.2, 0) is 14.3 Å². The molecule has 0 aromatic carbocycles. The number of hydrogen-bond donors (Lipinski definition) is 2. The topological polar surface area (TPSA) is 67.4 Å². The molecule has 0 radical (unpaired) electrons. The van der Waals surface area contributed by atoms with Crippen molar-refractivity contribution in [3.05, 3.63) is 0 Å². The Labute approximate surface area is 103 Å². The van der Waals surface area contributed by atoms with Crippen molar-refractivity contribution < 1.29 is 14.3 Å². The number of carbonyl (C=O) groups is 2. The number of amides is 1. The maximum atomic E-state index is 11.7. The Kier molecular flexibility index (Phi) is 6.80. The average molecular weight is 244 g/mol. The fourth-order valence-corrected chi connectivity index (χ4v) is 1.41. The number of nitrogens with one attached hydrogen (secondary N) is 2. The minimum absolute atomic E-state index is 0.0658. The van der Waals surface area contributed by atoms with Crippen molar-refractivity contribution in [2.24, 2.45) is 5.92 Å². The largest absolute Gasteiger partial charge is 0.469 e. The summed E-state index contributed by atoms with van der Waals surface area (Å²) in [5.41, 5.74) is 0. The minimum Gasteiger partial charge on any atom is -0.469 e. The van der Waals surface area contributed by atoms with E-state index < -0.39 is 0 Å². The number of esters is 1. The maximum absolute atomic E-state index is 11.7. The number of hydrogen-bond acceptors (Lipinski definition) is 4. The van der Waals surface area contributed by atoms with Gasteiger partial charge in [0.1, 0.15) is 0 Å². The first-order chi connectivity index (χ1) is 7.79. The van der Waals surface area contributed by atoms with Crippen molar-refractivity contribution in [2.45, 2.75) is 52.7 Å². The van der Waals surface area contributed by atoms with Crippen molar-refractivity contribution in [1.82, 2.24) is 10.6 Å². The first-order valence-electron chi connectivity index (χ1n) is 5.93. The van der Waals surface area contributed by atoms with E-state index in [1.165, 1.54) is 7.11 Å². The molecule has 0 aromatic heterocycles. The van der Waals surface area contributed by atoms with E-state index in [9.17, 15) is 9.59 Å². The van der Waals surface area contributed by atoms with Gasteiger partial charge in [-0.05, 0) is 27.7 Å². The van der Waals surface area contributed by atoms with Crippen LogP contribution in [0.5, 0.6) is 0 Å². The lowest BCUT2D eigenvalue weighted by Crippen LogP contribution is -2.50. The van der Waals surface area contributed by atoms with Crippen LogP contribution in [0.15, 0.2) is 0 Å². The second-order valence-electron chi connectivity index (χ2n) is 4.65. The van der Waals surface area contributed by atoms with Gasteiger partial charge in [-0.2, -0.15) is 0 Å². The monoisotopic (exact) mass is 244 g/mol. The number of methoxy groups -OCH3 is 1. The minimum atomic E-state index is -0.334. The van der Waals surface area contributed by atoms with Crippen molar-refractivity contribution >= 4 is 11.9 Å². The molecular formula is C12H24N2O3. The van der Waals surface area contributed by atoms with Crippen LogP contribution in [0.25, 0.3) is 0 Å². The highest BCUT2D eigenvalue weighted by Gasteiger charge is 2.24. The molecule has 0 saturated carbocycles. The molecule has 3 atom stereocenters. The van der Waals surface area contributed by atoms with Crippen molar-refractivity contribution in [3.63, 3.8) is 0 Å². The van der Waals surface area contributed by atoms with Crippen LogP contribution in [0.1, 0.15) is 34.6 Å². The first-order valence-corrected chi connectivity index (χ1v) is 5.93. The van der Waals surface area contributed by atoms with E-state index in [0.717, 1.165) is 0 Å². The number of ether oxygens (including phenoxy) is 1. The van der Waals surface area contributed by atoms with Crippen LogP contribution in [0.2, 0.25) is 0 Å². The smallest absolute Gasteiger partial charge is 0.309 e. The van der Waals surface area contributed by atoms with E-state index in [0.29, 0.717) is 0 Å². The molecular weight excluding hydrogens is 220 g/mol. The molecule has 100 valence electrons. The molecule has 0 aliphatic rings. The normalized spacial score (nSPS) is 16.2. The van der Waals surface area contributed by atoms with Crippen molar-refractivity contribution in [2.75, 3.05) is 7.11 Å². The molecule has 17 heavy (non-hydrogen) atoms. The first kappa shape index (κ1) is 15.9. The van der Waals surface area contributed by atoms with Crippen LogP contribution < -0.4 is 10.6 Å². The molecule has 0 aliphatic carbocycles. The second kappa shape index (κ2) is 7.27. The molecule has 0 rings (SSSR count). The summed E-state index contributed by atoms with van der Waals surface area (Å²) in [6.45, 7) is 9.23. The Morgan fingerprint density at radius 1 is 1.06 bits per heavy atom.